The third-order valence-electron chi connectivity index (χ3n) is 2.44. The summed E-state index contributed by atoms with van der Waals surface area (Å²) >= 11 is 1.56. The van der Waals surface area contributed by atoms with Crippen LogP contribution in [-0.4, -0.2) is 15.7 Å². The lowest BCUT2D eigenvalue weighted by atomic mass is 10.3. The van der Waals surface area contributed by atoms with Crippen molar-refractivity contribution in [3.05, 3.63) is 28.1 Å². The smallest absolute Gasteiger partial charge is 0.230 e. The number of hydrogen-bond acceptors (Lipinski definition) is 4. The van der Waals surface area contributed by atoms with Gasteiger partial charge in [0.25, 0.3) is 0 Å². The van der Waals surface area contributed by atoms with E-state index in [9.17, 15) is 4.79 Å². The van der Waals surface area contributed by atoms with Gasteiger partial charge in [0.2, 0.25) is 5.91 Å². The molecule has 0 aliphatic rings. The molecular weight excluding hydrogens is 236 g/mol. The van der Waals surface area contributed by atoms with E-state index >= 15 is 0 Å². The zero-order valence-electron chi connectivity index (χ0n) is 9.73. The van der Waals surface area contributed by atoms with Crippen LogP contribution in [0.5, 0.6) is 0 Å². The first-order valence-corrected chi connectivity index (χ1v) is 6.07. The Kier molecular flexibility index (Phi) is 3.14. The fourth-order valence-electron chi connectivity index (χ4n) is 1.57. The summed E-state index contributed by atoms with van der Waals surface area (Å²) in [6.45, 7) is 1.81. The van der Waals surface area contributed by atoms with Crippen LogP contribution in [0.25, 0.3) is 0 Å². The van der Waals surface area contributed by atoms with Crippen molar-refractivity contribution in [1.82, 2.24) is 9.78 Å². The Hall–Kier alpha value is -1.82. The number of nitrogens with zero attached hydrogens (tertiary/aromatic N) is 2. The minimum atomic E-state index is -0.0813. The van der Waals surface area contributed by atoms with E-state index in [1.807, 2.05) is 24.4 Å². The van der Waals surface area contributed by atoms with Gasteiger partial charge in [-0.15, -0.1) is 11.3 Å². The Morgan fingerprint density at radius 3 is 2.94 bits per heavy atom. The number of nitrogens with one attached hydrogen (secondary N) is 1. The number of nitrogen functional groups attached to an aromatic ring is 1. The molecule has 0 bridgehead atoms. The second-order valence-corrected chi connectivity index (χ2v) is 4.81. The molecule has 90 valence electrons. The minimum absolute atomic E-state index is 0.0813. The normalized spacial score (nSPS) is 10.5. The van der Waals surface area contributed by atoms with E-state index in [2.05, 4.69) is 10.4 Å². The highest BCUT2D eigenvalue weighted by Crippen LogP contribution is 2.21. The summed E-state index contributed by atoms with van der Waals surface area (Å²) in [5, 5.41) is 8.87. The number of aryl methyl sites for hydroxylation is 2. The fraction of sp³-hybridized carbons (Fsp3) is 0.273. The Morgan fingerprint density at radius 1 is 1.65 bits per heavy atom. The largest absolute Gasteiger partial charge is 0.394 e. The average Bonchev–Trinajstić information content (AvgIpc) is 2.83. The van der Waals surface area contributed by atoms with Crippen LogP contribution in [0.1, 0.15) is 10.6 Å². The number of anilines is 2. The number of rotatable bonds is 3. The van der Waals surface area contributed by atoms with Crippen molar-refractivity contribution in [3.63, 3.8) is 0 Å². The molecule has 0 atom stereocenters. The highest BCUT2D eigenvalue weighted by molar-refractivity contribution is 7.10. The molecule has 0 aliphatic carbocycles. The highest BCUT2D eigenvalue weighted by atomic mass is 32.1. The van der Waals surface area contributed by atoms with Crippen LogP contribution >= 0.6 is 11.3 Å². The third kappa shape index (κ3) is 2.47. The summed E-state index contributed by atoms with van der Waals surface area (Å²) in [5.41, 5.74) is 7.07. The third-order valence-corrected chi connectivity index (χ3v) is 3.32. The van der Waals surface area contributed by atoms with Crippen LogP contribution in [0.4, 0.5) is 11.5 Å². The Bertz CT molecular complexity index is 530. The Labute approximate surface area is 103 Å². The second-order valence-electron chi connectivity index (χ2n) is 3.78. The molecule has 0 aromatic carbocycles. The van der Waals surface area contributed by atoms with E-state index in [1.54, 1.807) is 23.1 Å². The number of carbonyl (C=O) groups is 1. The van der Waals surface area contributed by atoms with Gasteiger partial charge in [-0.2, -0.15) is 5.10 Å². The van der Waals surface area contributed by atoms with Crippen LogP contribution in [0.2, 0.25) is 0 Å². The minimum Gasteiger partial charge on any atom is -0.394 e. The van der Waals surface area contributed by atoms with Gasteiger partial charge in [-0.3, -0.25) is 9.48 Å². The first kappa shape index (κ1) is 11.7. The van der Waals surface area contributed by atoms with Crippen LogP contribution in [0.15, 0.2) is 17.5 Å². The molecule has 6 heteroatoms. The lowest BCUT2D eigenvalue weighted by Crippen LogP contribution is -2.17. The van der Waals surface area contributed by atoms with Crippen LogP contribution in [0, 0.1) is 6.92 Å². The quantitative estimate of drug-likeness (QED) is 0.868. The van der Waals surface area contributed by atoms with Crippen molar-refractivity contribution in [2.24, 2.45) is 7.05 Å². The Balaban J connectivity index is 2.08. The molecule has 0 saturated carbocycles. The molecule has 3 N–H and O–H groups in total. The van der Waals surface area contributed by atoms with Gasteiger partial charge in [0.1, 0.15) is 0 Å². The van der Waals surface area contributed by atoms with Crippen LogP contribution < -0.4 is 11.1 Å². The number of nitrogens with two attached hydrogens (primary N) is 1. The number of aromatic nitrogens is 2. The maximum Gasteiger partial charge on any atom is 0.230 e. The van der Waals surface area contributed by atoms with E-state index in [1.165, 1.54) is 0 Å². The van der Waals surface area contributed by atoms with Gasteiger partial charge >= 0.3 is 0 Å². The van der Waals surface area contributed by atoms with Crippen molar-refractivity contribution in [3.8, 4) is 0 Å². The van der Waals surface area contributed by atoms with Gasteiger partial charge in [0.15, 0.2) is 5.82 Å². The maximum absolute atomic E-state index is 11.8. The summed E-state index contributed by atoms with van der Waals surface area (Å²) in [6, 6.07) is 3.86. The van der Waals surface area contributed by atoms with Crippen LogP contribution in [-0.2, 0) is 18.3 Å². The number of thiophene rings is 1. The average molecular weight is 250 g/mol. The molecule has 0 aliphatic heterocycles. The van der Waals surface area contributed by atoms with Crippen molar-refractivity contribution in [1.29, 1.82) is 0 Å². The molecule has 2 aromatic heterocycles. The summed E-state index contributed by atoms with van der Waals surface area (Å²) in [5.74, 6) is 0.478. The van der Waals surface area contributed by atoms with Crippen molar-refractivity contribution >= 4 is 28.7 Å². The number of amides is 1. The second kappa shape index (κ2) is 4.58. The zero-order chi connectivity index (χ0) is 12.4. The highest BCUT2D eigenvalue weighted by Gasteiger charge is 2.13. The van der Waals surface area contributed by atoms with E-state index in [4.69, 9.17) is 5.73 Å². The monoisotopic (exact) mass is 250 g/mol. The zero-order valence-corrected chi connectivity index (χ0v) is 10.5. The first-order valence-electron chi connectivity index (χ1n) is 5.19. The molecule has 1 amide bonds. The molecule has 0 spiro atoms. The van der Waals surface area contributed by atoms with E-state index in [0.717, 1.165) is 10.6 Å². The number of carbonyl (C=O) groups excluding carboxylic acids is 1. The predicted molar refractivity (Wildman–Crippen MR) is 69.0 cm³/mol. The van der Waals surface area contributed by atoms with Crippen molar-refractivity contribution < 1.29 is 4.79 Å². The van der Waals surface area contributed by atoms with Gasteiger partial charge < -0.3 is 11.1 Å². The van der Waals surface area contributed by atoms with Crippen LogP contribution in [0.3, 0.4) is 0 Å². The van der Waals surface area contributed by atoms with Gasteiger partial charge in [-0.1, -0.05) is 6.07 Å². The van der Waals surface area contributed by atoms with Gasteiger partial charge in [0.05, 0.1) is 17.8 Å². The van der Waals surface area contributed by atoms with Gasteiger partial charge in [-0.25, -0.2) is 0 Å². The van der Waals surface area contributed by atoms with Crippen molar-refractivity contribution in [2.45, 2.75) is 13.3 Å². The summed E-state index contributed by atoms with van der Waals surface area (Å²) in [4.78, 5) is 12.8. The molecule has 0 fully saturated rings. The molecule has 2 aromatic rings. The first-order chi connectivity index (χ1) is 8.08. The topological polar surface area (TPSA) is 72.9 Å². The molecule has 17 heavy (non-hydrogen) atoms. The molecule has 0 radical (unpaired) electrons. The van der Waals surface area contributed by atoms with Gasteiger partial charge in [-0.05, 0) is 18.4 Å². The SMILES string of the molecule is Cc1nn(C)c(NC(=O)Cc2cccs2)c1N. The molecule has 0 saturated heterocycles. The summed E-state index contributed by atoms with van der Waals surface area (Å²) < 4.78 is 1.58. The maximum atomic E-state index is 11.8. The lowest BCUT2D eigenvalue weighted by molar-refractivity contribution is -0.115. The standard InChI is InChI=1S/C11H14N4OS/c1-7-10(12)11(15(2)14-7)13-9(16)6-8-4-3-5-17-8/h3-5H,6,12H2,1-2H3,(H,13,16). The summed E-state index contributed by atoms with van der Waals surface area (Å²) in [6.07, 6.45) is 0.362. The molecule has 0 unspecified atom stereocenters. The van der Waals surface area contributed by atoms with Gasteiger partial charge in [0, 0.05) is 11.9 Å². The predicted octanol–water partition coefficient (Wildman–Crippen LogP) is 1.55. The van der Waals surface area contributed by atoms with Crippen molar-refractivity contribution in [2.75, 3.05) is 11.1 Å². The van der Waals surface area contributed by atoms with E-state index in [0.29, 0.717) is 17.9 Å². The molecular formula is C11H14N4OS. The molecule has 2 rings (SSSR count). The Morgan fingerprint density at radius 2 is 2.41 bits per heavy atom. The van der Waals surface area contributed by atoms with E-state index < -0.39 is 0 Å². The van der Waals surface area contributed by atoms with E-state index in [-0.39, 0.29) is 5.91 Å². The summed E-state index contributed by atoms with van der Waals surface area (Å²) in [7, 11) is 1.75. The lowest BCUT2D eigenvalue weighted by Gasteiger charge is -2.05. The molecule has 2 heterocycles. The number of hydrogen-bond donors (Lipinski definition) is 2. The fourth-order valence-corrected chi connectivity index (χ4v) is 2.27. The molecule has 5 nitrogen and oxygen atoms in total.